The van der Waals surface area contributed by atoms with Gasteiger partial charge in [0.25, 0.3) is 5.91 Å². The van der Waals surface area contributed by atoms with Crippen LogP contribution in [0, 0.1) is 0 Å². The van der Waals surface area contributed by atoms with Crippen molar-refractivity contribution in [3.05, 3.63) is 95.2 Å². The van der Waals surface area contributed by atoms with E-state index in [-0.39, 0.29) is 11.7 Å². The highest BCUT2D eigenvalue weighted by atomic mass is 16.5. The molecule has 2 N–H and O–H groups in total. The molecular weight excluding hydrogens is 430 g/mol. The lowest BCUT2D eigenvalue weighted by atomic mass is 9.95. The quantitative estimate of drug-likeness (QED) is 0.426. The number of ether oxygens (including phenoxy) is 2. The van der Waals surface area contributed by atoms with Crippen molar-refractivity contribution in [2.75, 3.05) is 20.8 Å². The van der Waals surface area contributed by atoms with Crippen LogP contribution in [0.2, 0.25) is 0 Å². The first-order valence-corrected chi connectivity index (χ1v) is 11.1. The smallest absolute Gasteiger partial charge is 0.273 e. The van der Waals surface area contributed by atoms with Crippen molar-refractivity contribution in [2.24, 2.45) is 0 Å². The number of fused-ring (bicyclic) bond motifs is 1. The number of phenolic OH excluding ortho intramolecular Hbond substituents is 1. The Morgan fingerprint density at radius 1 is 0.971 bits per heavy atom. The van der Waals surface area contributed by atoms with Crippen molar-refractivity contribution in [1.82, 2.24) is 15.1 Å². The van der Waals surface area contributed by atoms with E-state index in [2.05, 4.69) is 22.3 Å². The summed E-state index contributed by atoms with van der Waals surface area (Å²) in [7, 11) is 3.18. The maximum Gasteiger partial charge on any atom is 0.273 e. The molecule has 0 aliphatic carbocycles. The molecule has 1 unspecified atom stereocenters. The second-order valence-electron chi connectivity index (χ2n) is 8.13. The van der Waals surface area contributed by atoms with E-state index in [1.165, 1.54) is 0 Å². The van der Waals surface area contributed by atoms with Gasteiger partial charge in [-0.25, -0.2) is 0 Å². The molecule has 1 aliphatic heterocycles. The third kappa shape index (κ3) is 3.65. The number of hydrogen-bond donors (Lipinski definition) is 2. The van der Waals surface area contributed by atoms with Crippen molar-refractivity contribution in [1.29, 1.82) is 0 Å². The highest BCUT2D eigenvalue weighted by Gasteiger charge is 2.42. The van der Waals surface area contributed by atoms with E-state index in [4.69, 9.17) is 9.47 Å². The predicted octanol–water partition coefficient (Wildman–Crippen LogP) is 4.59. The number of aromatic hydroxyl groups is 1. The van der Waals surface area contributed by atoms with Crippen molar-refractivity contribution in [3.63, 3.8) is 0 Å². The Balaban J connectivity index is 1.62. The summed E-state index contributed by atoms with van der Waals surface area (Å²) in [6.07, 6.45) is 0.708. The minimum Gasteiger partial charge on any atom is -0.507 e. The molecule has 1 atom stereocenters. The molecule has 1 aliphatic rings. The van der Waals surface area contributed by atoms with E-state index >= 15 is 0 Å². The number of hydrogen-bond acceptors (Lipinski definition) is 5. The first-order chi connectivity index (χ1) is 16.6. The normalized spacial score (nSPS) is 14.8. The van der Waals surface area contributed by atoms with Gasteiger partial charge in [0, 0.05) is 17.7 Å². The largest absolute Gasteiger partial charge is 0.507 e. The third-order valence-corrected chi connectivity index (χ3v) is 6.23. The molecule has 0 fully saturated rings. The Kier molecular flexibility index (Phi) is 5.67. The summed E-state index contributed by atoms with van der Waals surface area (Å²) in [4.78, 5) is 15.4. The molecular formula is C27H25N3O4. The molecule has 1 aromatic heterocycles. The van der Waals surface area contributed by atoms with Crippen LogP contribution in [-0.4, -0.2) is 46.9 Å². The third-order valence-electron chi connectivity index (χ3n) is 6.23. The van der Waals surface area contributed by atoms with E-state index in [1.54, 1.807) is 32.4 Å². The van der Waals surface area contributed by atoms with Crippen LogP contribution in [0.25, 0.3) is 11.3 Å². The molecule has 5 rings (SSSR count). The van der Waals surface area contributed by atoms with E-state index < -0.39 is 6.04 Å². The maximum atomic E-state index is 13.5. The first kappa shape index (κ1) is 21.6. The van der Waals surface area contributed by atoms with Gasteiger partial charge in [0.2, 0.25) is 0 Å². The van der Waals surface area contributed by atoms with Crippen molar-refractivity contribution in [3.8, 4) is 28.5 Å². The van der Waals surface area contributed by atoms with Crippen LogP contribution in [0.3, 0.4) is 0 Å². The molecule has 0 saturated carbocycles. The number of carbonyl (C=O) groups excluding carboxylic acids is 1. The van der Waals surface area contributed by atoms with Crippen LogP contribution >= 0.6 is 0 Å². The lowest BCUT2D eigenvalue weighted by Crippen LogP contribution is -2.31. The maximum absolute atomic E-state index is 13.5. The van der Waals surface area contributed by atoms with Gasteiger partial charge in [-0.3, -0.25) is 9.89 Å². The lowest BCUT2D eigenvalue weighted by Gasteiger charge is -2.27. The number of para-hydroxylation sites is 1. The molecule has 0 saturated heterocycles. The second-order valence-corrected chi connectivity index (χ2v) is 8.13. The summed E-state index contributed by atoms with van der Waals surface area (Å²) in [6.45, 7) is 0.518. The molecule has 2 heterocycles. The summed E-state index contributed by atoms with van der Waals surface area (Å²) < 4.78 is 11.0. The van der Waals surface area contributed by atoms with Gasteiger partial charge in [-0.2, -0.15) is 5.10 Å². The van der Waals surface area contributed by atoms with E-state index in [9.17, 15) is 9.90 Å². The highest BCUT2D eigenvalue weighted by molar-refractivity contribution is 6.00. The number of carbonyl (C=O) groups is 1. The van der Waals surface area contributed by atoms with Crippen LogP contribution in [0.4, 0.5) is 0 Å². The zero-order valence-electron chi connectivity index (χ0n) is 19.0. The number of aromatic amines is 1. The van der Waals surface area contributed by atoms with Crippen LogP contribution in [0.1, 0.15) is 33.2 Å². The summed E-state index contributed by atoms with van der Waals surface area (Å²) >= 11 is 0. The zero-order valence-corrected chi connectivity index (χ0v) is 19.0. The van der Waals surface area contributed by atoms with Crippen molar-refractivity contribution >= 4 is 5.91 Å². The number of nitrogens with zero attached hydrogens (tertiary/aromatic N) is 2. The Morgan fingerprint density at radius 3 is 2.44 bits per heavy atom. The molecule has 4 aromatic rings. The first-order valence-electron chi connectivity index (χ1n) is 11.1. The van der Waals surface area contributed by atoms with Crippen LogP contribution in [-0.2, 0) is 6.42 Å². The van der Waals surface area contributed by atoms with Crippen LogP contribution in [0.15, 0.2) is 72.8 Å². The SMILES string of the molecule is COc1ccc(C2c3c(-c4ccccc4O)n[nH]c3C(=O)N2CCc2ccccc2)cc1OC. The van der Waals surface area contributed by atoms with E-state index in [0.717, 1.165) is 16.7 Å². The molecule has 7 heteroatoms. The van der Waals surface area contributed by atoms with Gasteiger partial charge < -0.3 is 19.5 Å². The highest BCUT2D eigenvalue weighted by Crippen LogP contribution is 2.45. The van der Waals surface area contributed by atoms with Crippen molar-refractivity contribution < 1.29 is 19.4 Å². The van der Waals surface area contributed by atoms with Crippen LogP contribution < -0.4 is 9.47 Å². The van der Waals surface area contributed by atoms with Crippen molar-refractivity contribution in [2.45, 2.75) is 12.5 Å². The minimum absolute atomic E-state index is 0.109. The average molecular weight is 456 g/mol. The standard InChI is InChI=1S/C27H25N3O4/c1-33-21-13-12-18(16-22(21)34-2)26-23-24(19-10-6-7-11-20(19)31)28-29-25(23)27(32)30(26)15-14-17-8-4-3-5-9-17/h3-13,16,26,31H,14-15H2,1-2H3,(H,28,29). The second kappa shape index (κ2) is 8.94. The Bertz CT molecular complexity index is 1330. The van der Waals surface area contributed by atoms with Gasteiger partial charge in [0.15, 0.2) is 11.5 Å². The van der Waals surface area contributed by atoms with Gasteiger partial charge >= 0.3 is 0 Å². The van der Waals surface area contributed by atoms with Gasteiger partial charge in [-0.15, -0.1) is 0 Å². The number of phenols is 1. The van der Waals surface area contributed by atoms with Gasteiger partial charge in [0.1, 0.15) is 17.1 Å². The number of aromatic nitrogens is 2. The number of methoxy groups -OCH3 is 2. The predicted molar refractivity (Wildman–Crippen MR) is 128 cm³/mol. The molecule has 34 heavy (non-hydrogen) atoms. The number of amides is 1. The molecule has 0 radical (unpaired) electrons. The molecule has 3 aromatic carbocycles. The van der Waals surface area contributed by atoms with E-state index in [1.807, 2.05) is 47.4 Å². The number of benzene rings is 3. The fourth-order valence-electron chi connectivity index (χ4n) is 4.57. The minimum atomic E-state index is -0.403. The number of rotatable bonds is 7. The summed E-state index contributed by atoms with van der Waals surface area (Å²) in [5.41, 5.74) is 4.33. The molecule has 7 nitrogen and oxygen atoms in total. The Morgan fingerprint density at radius 2 is 1.71 bits per heavy atom. The topological polar surface area (TPSA) is 87.7 Å². The fourth-order valence-corrected chi connectivity index (χ4v) is 4.57. The summed E-state index contributed by atoms with van der Waals surface area (Å²) in [5, 5.41) is 17.9. The summed E-state index contributed by atoms with van der Waals surface area (Å²) in [5.74, 6) is 1.18. The van der Waals surface area contributed by atoms with Crippen LogP contribution in [0.5, 0.6) is 17.2 Å². The Hall–Kier alpha value is -4.26. The molecule has 172 valence electrons. The summed E-state index contributed by atoms with van der Waals surface area (Å²) in [6, 6.07) is 22.4. The van der Waals surface area contributed by atoms with Gasteiger partial charge in [0.05, 0.1) is 20.3 Å². The average Bonchev–Trinajstić information content (AvgIpc) is 3.42. The number of H-pyrrole nitrogens is 1. The molecule has 0 bridgehead atoms. The molecule has 0 spiro atoms. The van der Waals surface area contributed by atoms with E-state index in [0.29, 0.717) is 41.4 Å². The number of nitrogens with one attached hydrogen (secondary N) is 1. The fraction of sp³-hybridized carbons (Fsp3) is 0.185. The van der Waals surface area contributed by atoms with Gasteiger partial charge in [-0.05, 0) is 41.8 Å². The van der Waals surface area contributed by atoms with Gasteiger partial charge in [-0.1, -0.05) is 48.5 Å². The lowest BCUT2D eigenvalue weighted by molar-refractivity contribution is 0.0745. The Labute approximate surface area is 197 Å². The molecule has 1 amide bonds. The monoisotopic (exact) mass is 455 g/mol. The zero-order chi connectivity index (χ0) is 23.7.